The Labute approximate surface area is 164 Å². The maximum Gasteiger partial charge on any atom is 0.302 e. The number of hydrogen-bond acceptors (Lipinski definition) is 4. The topological polar surface area (TPSA) is 76.2 Å². The minimum Gasteiger partial charge on any atom is -0.493 e. The normalized spacial score (nSPS) is 12.0. The highest BCUT2D eigenvalue weighted by Gasteiger charge is 2.16. The van der Waals surface area contributed by atoms with Crippen molar-refractivity contribution in [1.29, 1.82) is 0 Å². The number of benzene rings is 2. The van der Waals surface area contributed by atoms with Gasteiger partial charge in [-0.1, -0.05) is 51.1 Å². The summed E-state index contributed by atoms with van der Waals surface area (Å²) in [5, 5.41) is 18.6. The molecule has 1 amide bonds. The van der Waals surface area contributed by atoms with Crippen LogP contribution in [0.25, 0.3) is 10.9 Å². The Morgan fingerprint density at radius 3 is 2.57 bits per heavy atom. The standard InChI is InChI=1S/C22H25N3O3/c1-14-12-15(22(2,3)4)10-11-18(14)28-13-19(26)23-24-20-16-8-6-7-9-17(16)25(5)21(20)27/h6-12,27H,13H2,1-5H3. The molecule has 0 aliphatic rings. The van der Waals surface area contributed by atoms with E-state index in [0.29, 0.717) is 5.75 Å². The zero-order valence-electron chi connectivity index (χ0n) is 16.9. The number of carbonyl (C=O) groups is 1. The average Bonchev–Trinajstić information content (AvgIpc) is 2.89. The van der Waals surface area contributed by atoms with E-state index >= 15 is 0 Å². The summed E-state index contributed by atoms with van der Waals surface area (Å²) >= 11 is 0. The predicted octanol–water partition coefficient (Wildman–Crippen LogP) is 5.18. The van der Waals surface area contributed by atoms with Gasteiger partial charge in [0.15, 0.2) is 12.3 Å². The molecule has 0 unspecified atom stereocenters. The van der Waals surface area contributed by atoms with Gasteiger partial charge in [-0.3, -0.25) is 4.79 Å². The number of rotatable bonds is 4. The summed E-state index contributed by atoms with van der Waals surface area (Å²) in [5.74, 6) is 0.0865. The van der Waals surface area contributed by atoms with Crippen molar-refractivity contribution in [1.82, 2.24) is 4.57 Å². The monoisotopic (exact) mass is 379 g/mol. The fourth-order valence-corrected chi connectivity index (χ4v) is 3.01. The summed E-state index contributed by atoms with van der Waals surface area (Å²) in [6, 6.07) is 13.3. The van der Waals surface area contributed by atoms with Gasteiger partial charge in [-0.25, -0.2) is 0 Å². The van der Waals surface area contributed by atoms with Crippen LogP contribution in [-0.4, -0.2) is 22.2 Å². The first-order valence-corrected chi connectivity index (χ1v) is 9.13. The van der Waals surface area contributed by atoms with Crippen molar-refractivity contribution < 1.29 is 14.6 Å². The largest absolute Gasteiger partial charge is 0.493 e. The van der Waals surface area contributed by atoms with E-state index in [0.717, 1.165) is 16.5 Å². The molecular formula is C22H25N3O3. The third-order valence-electron chi connectivity index (χ3n) is 4.70. The van der Waals surface area contributed by atoms with E-state index in [1.54, 1.807) is 11.6 Å². The molecule has 0 spiro atoms. The van der Waals surface area contributed by atoms with Crippen LogP contribution < -0.4 is 4.74 Å². The Balaban J connectivity index is 1.71. The molecule has 0 saturated carbocycles. The van der Waals surface area contributed by atoms with E-state index in [1.165, 1.54) is 5.56 Å². The fourth-order valence-electron chi connectivity index (χ4n) is 3.01. The van der Waals surface area contributed by atoms with Gasteiger partial charge in [-0.15, -0.1) is 10.2 Å². The van der Waals surface area contributed by atoms with Crippen LogP contribution in [0.1, 0.15) is 31.9 Å². The van der Waals surface area contributed by atoms with Crippen LogP contribution in [0.3, 0.4) is 0 Å². The molecule has 3 aromatic rings. The lowest BCUT2D eigenvalue weighted by atomic mass is 9.86. The number of aromatic nitrogens is 1. The van der Waals surface area contributed by atoms with Crippen LogP contribution in [-0.2, 0) is 17.3 Å². The molecule has 0 saturated heterocycles. The van der Waals surface area contributed by atoms with Crippen molar-refractivity contribution in [3.63, 3.8) is 0 Å². The molecule has 1 N–H and O–H groups in total. The number of azo groups is 1. The molecule has 0 radical (unpaired) electrons. The quantitative estimate of drug-likeness (QED) is 0.635. The molecular weight excluding hydrogens is 354 g/mol. The fraction of sp³-hybridized carbons (Fsp3) is 0.318. The second-order valence-corrected chi connectivity index (χ2v) is 7.86. The first kappa shape index (κ1) is 19.6. The van der Waals surface area contributed by atoms with Gasteiger partial charge < -0.3 is 14.4 Å². The average molecular weight is 379 g/mol. The van der Waals surface area contributed by atoms with Gasteiger partial charge in [0, 0.05) is 12.4 Å². The third-order valence-corrected chi connectivity index (χ3v) is 4.70. The predicted molar refractivity (Wildman–Crippen MR) is 109 cm³/mol. The zero-order valence-corrected chi connectivity index (χ0v) is 16.9. The number of amides is 1. The van der Waals surface area contributed by atoms with Gasteiger partial charge in [0.05, 0.1) is 5.52 Å². The Hall–Kier alpha value is -3.15. The Bertz CT molecular complexity index is 1060. The molecule has 6 heteroatoms. The number of nitrogens with zero attached hydrogens (tertiary/aromatic N) is 3. The Kier molecular flexibility index (Phi) is 5.23. The third kappa shape index (κ3) is 3.91. The molecule has 3 rings (SSSR count). The molecule has 28 heavy (non-hydrogen) atoms. The van der Waals surface area contributed by atoms with Crippen LogP contribution in [0.5, 0.6) is 11.6 Å². The Morgan fingerprint density at radius 1 is 1.18 bits per heavy atom. The maximum absolute atomic E-state index is 12.1. The minimum atomic E-state index is -0.522. The van der Waals surface area contributed by atoms with Crippen molar-refractivity contribution in [2.75, 3.05) is 6.61 Å². The van der Waals surface area contributed by atoms with Crippen molar-refractivity contribution in [3.05, 3.63) is 53.6 Å². The lowest BCUT2D eigenvalue weighted by molar-refractivity contribution is -0.120. The molecule has 0 atom stereocenters. The van der Waals surface area contributed by atoms with Crippen LogP contribution in [0.15, 0.2) is 52.7 Å². The summed E-state index contributed by atoms with van der Waals surface area (Å²) < 4.78 is 7.21. The number of aryl methyl sites for hydroxylation is 2. The number of hydrogen-bond donors (Lipinski definition) is 1. The van der Waals surface area contributed by atoms with E-state index in [9.17, 15) is 9.90 Å². The number of carbonyl (C=O) groups excluding carboxylic acids is 1. The molecule has 0 aliphatic heterocycles. The molecule has 1 heterocycles. The van der Waals surface area contributed by atoms with Gasteiger partial charge in [-0.2, -0.15) is 0 Å². The van der Waals surface area contributed by atoms with Gasteiger partial charge in [0.1, 0.15) is 5.75 Å². The van der Waals surface area contributed by atoms with Crippen LogP contribution in [0.4, 0.5) is 5.69 Å². The van der Waals surface area contributed by atoms with Crippen LogP contribution >= 0.6 is 0 Å². The van der Waals surface area contributed by atoms with Gasteiger partial charge in [0.2, 0.25) is 5.88 Å². The number of para-hydroxylation sites is 1. The van der Waals surface area contributed by atoms with Crippen molar-refractivity contribution in [2.24, 2.45) is 17.3 Å². The number of fused-ring (bicyclic) bond motifs is 1. The van der Waals surface area contributed by atoms with Crippen molar-refractivity contribution in [3.8, 4) is 11.6 Å². The van der Waals surface area contributed by atoms with E-state index in [1.807, 2.05) is 43.3 Å². The molecule has 2 aromatic carbocycles. The smallest absolute Gasteiger partial charge is 0.302 e. The first-order valence-electron chi connectivity index (χ1n) is 9.13. The summed E-state index contributed by atoms with van der Waals surface area (Å²) in [4.78, 5) is 12.1. The highest BCUT2D eigenvalue weighted by Crippen LogP contribution is 2.37. The van der Waals surface area contributed by atoms with Crippen molar-refractivity contribution in [2.45, 2.75) is 33.1 Å². The van der Waals surface area contributed by atoms with Crippen molar-refractivity contribution >= 4 is 22.5 Å². The molecule has 6 nitrogen and oxygen atoms in total. The molecule has 146 valence electrons. The maximum atomic E-state index is 12.1. The highest BCUT2D eigenvalue weighted by molar-refractivity contribution is 5.95. The summed E-state index contributed by atoms with van der Waals surface area (Å²) in [7, 11) is 1.73. The first-order chi connectivity index (χ1) is 13.2. The van der Waals surface area contributed by atoms with Gasteiger partial charge in [-0.05, 0) is 35.6 Å². The lowest BCUT2D eigenvalue weighted by Gasteiger charge is -2.20. The summed E-state index contributed by atoms with van der Waals surface area (Å²) in [6.07, 6.45) is 0. The summed E-state index contributed by atoms with van der Waals surface area (Å²) in [5.41, 5.74) is 3.30. The lowest BCUT2D eigenvalue weighted by Crippen LogP contribution is -2.12. The second kappa shape index (κ2) is 7.46. The molecule has 1 aromatic heterocycles. The second-order valence-electron chi connectivity index (χ2n) is 7.86. The zero-order chi connectivity index (χ0) is 20.5. The van der Waals surface area contributed by atoms with Gasteiger partial charge in [0.25, 0.3) is 0 Å². The van der Waals surface area contributed by atoms with E-state index < -0.39 is 5.91 Å². The summed E-state index contributed by atoms with van der Waals surface area (Å²) in [6.45, 7) is 8.17. The molecule has 0 aliphatic carbocycles. The minimum absolute atomic E-state index is 0.0349. The SMILES string of the molecule is Cc1cc(C(C)(C)C)ccc1OCC(=O)N=Nc1c(O)n(C)c2ccccc12. The van der Waals surface area contributed by atoms with E-state index in [-0.39, 0.29) is 23.6 Å². The van der Waals surface area contributed by atoms with E-state index in [4.69, 9.17) is 4.74 Å². The molecule has 0 bridgehead atoms. The van der Waals surface area contributed by atoms with Crippen LogP contribution in [0.2, 0.25) is 0 Å². The number of aromatic hydroxyl groups is 1. The Morgan fingerprint density at radius 2 is 1.89 bits per heavy atom. The highest BCUT2D eigenvalue weighted by atomic mass is 16.5. The van der Waals surface area contributed by atoms with Crippen LogP contribution in [0, 0.1) is 6.92 Å². The van der Waals surface area contributed by atoms with E-state index in [2.05, 4.69) is 37.1 Å². The molecule has 0 fully saturated rings. The number of ether oxygens (including phenoxy) is 1. The van der Waals surface area contributed by atoms with Gasteiger partial charge >= 0.3 is 5.91 Å².